The van der Waals surface area contributed by atoms with Crippen LogP contribution in [0.3, 0.4) is 0 Å². The summed E-state index contributed by atoms with van der Waals surface area (Å²) in [6.07, 6.45) is -3.16. The standard InChI is InChI=1S/C9H13F3N4O3S/c10-9(11,12)8-14-7(15-19-8)3-4-13-20(17,18)16-5-1-2-6-16/h13H,1-6H2. The molecule has 0 bridgehead atoms. The second kappa shape index (κ2) is 5.66. The van der Waals surface area contributed by atoms with Crippen molar-refractivity contribution in [2.75, 3.05) is 19.6 Å². The molecule has 0 aromatic carbocycles. The number of halogens is 3. The molecule has 7 nitrogen and oxygen atoms in total. The summed E-state index contributed by atoms with van der Waals surface area (Å²) in [6.45, 7) is 0.821. The lowest BCUT2D eigenvalue weighted by Gasteiger charge is -2.15. The van der Waals surface area contributed by atoms with Gasteiger partial charge in [0.05, 0.1) is 0 Å². The third kappa shape index (κ3) is 3.67. The van der Waals surface area contributed by atoms with E-state index in [1.807, 2.05) is 0 Å². The van der Waals surface area contributed by atoms with Gasteiger partial charge in [-0.15, -0.1) is 0 Å². The molecule has 2 rings (SSSR count). The maximum Gasteiger partial charge on any atom is 0.471 e. The molecule has 1 saturated heterocycles. The van der Waals surface area contributed by atoms with Crippen LogP contribution in [0.25, 0.3) is 0 Å². The van der Waals surface area contributed by atoms with E-state index in [0.717, 1.165) is 12.8 Å². The Bertz CT molecular complexity index is 551. The van der Waals surface area contributed by atoms with E-state index in [1.54, 1.807) is 0 Å². The number of hydrogen-bond donors (Lipinski definition) is 1. The molecular formula is C9H13F3N4O3S. The van der Waals surface area contributed by atoms with Crippen molar-refractivity contribution in [3.63, 3.8) is 0 Å². The van der Waals surface area contributed by atoms with Crippen LogP contribution in [0.4, 0.5) is 13.2 Å². The fourth-order valence-electron chi connectivity index (χ4n) is 1.78. The van der Waals surface area contributed by atoms with Crippen LogP contribution in [0.1, 0.15) is 24.6 Å². The van der Waals surface area contributed by atoms with Gasteiger partial charge in [0, 0.05) is 26.1 Å². The highest BCUT2D eigenvalue weighted by Crippen LogP contribution is 2.27. The maximum absolute atomic E-state index is 12.2. The quantitative estimate of drug-likeness (QED) is 0.858. The Morgan fingerprint density at radius 1 is 1.30 bits per heavy atom. The summed E-state index contributed by atoms with van der Waals surface area (Å²) in [4.78, 5) is 3.15. The summed E-state index contributed by atoms with van der Waals surface area (Å²) in [5.74, 6) is -1.63. The van der Waals surface area contributed by atoms with Gasteiger partial charge in [0.15, 0.2) is 5.82 Å². The molecule has 0 radical (unpaired) electrons. The van der Waals surface area contributed by atoms with Gasteiger partial charge in [0.2, 0.25) is 0 Å². The van der Waals surface area contributed by atoms with E-state index in [9.17, 15) is 21.6 Å². The summed E-state index contributed by atoms with van der Waals surface area (Å²) in [5.41, 5.74) is 0. The van der Waals surface area contributed by atoms with Crippen molar-refractivity contribution < 1.29 is 26.1 Å². The van der Waals surface area contributed by atoms with Crippen LogP contribution in [-0.2, 0) is 22.8 Å². The highest BCUT2D eigenvalue weighted by atomic mass is 32.2. The summed E-state index contributed by atoms with van der Waals surface area (Å²) < 4.78 is 67.8. The van der Waals surface area contributed by atoms with Crippen molar-refractivity contribution in [2.24, 2.45) is 0 Å². The molecule has 0 amide bonds. The van der Waals surface area contributed by atoms with Crippen molar-refractivity contribution in [1.29, 1.82) is 0 Å². The Hall–Kier alpha value is -1.20. The molecular weight excluding hydrogens is 301 g/mol. The molecule has 1 aliphatic rings. The second-order valence-electron chi connectivity index (χ2n) is 4.27. The predicted molar refractivity (Wildman–Crippen MR) is 60.7 cm³/mol. The molecule has 0 aliphatic carbocycles. The Kier molecular flexibility index (Phi) is 4.30. The fourth-order valence-corrected chi connectivity index (χ4v) is 3.06. The lowest BCUT2D eigenvalue weighted by molar-refractivity contribution is -0.159. The first-order valence-electron chi connectivity index (χ1n) is 5.93. The average molecular weight is 314 g/mol. The second-order valence-corrected chi connectivity index (χ2v) is 6.02. The van der Waals surface area contributed by atoms with Gasteiger partial charge >= 0.3 is 12.1 Å². The molecule has 0 spiro atoms. The van der Waals surface area contributed by atoms with Crippen molar-refractivity contribution in [3.8, 4) is 0 Å². The van der Waals surface area contributed by atoms with E-state index in [1.165, 1.54) is 4.31 Å². The van der Waals surface area contributed by atoms with Gasteiger partial charge in [-0.1, -0.05) is 5.16 Å². The molecule has 0 unspecified atom stereocenters. The van der Waals surface area contributed by atoms with Crippen LogP contribution in [0, 0.1) is 0 Å². The summed E-state index contributed by atoms with van der Waals surface area (Å²) in [7, 11) is -3.58. The van der Waals surface area contributed by atoms with E-state index in [2.05, 4.69) is 19.4 Å². The van der Waals surface area contributed by atoms with Crippen molar-refractivity contribution in [2.45, 2.75) is 25.4 Å². The van der Waals surface area contributed by atoms with Gasteiger partial charge in [-0.3, -0.25) is 0 Å². The lowest BCUT2D eigenvalue weighted by Crippen LogP contribution is -2.39. The average Bonchev–Trinajstić information content (AvgIpc) is 2.99. The smallest absolute Gasteiger partial charge is 0.329 e. The van der Waals surface area contributed by atoms with E-state index < -0.39 is 22.3 Å². The third-order valence-corrected chi connectivity index (χ3v) is 4.36. The Morgan fingerprint density at radius 2 is 1.95 bits per heavy atom. The van der Waals surface area contributed by atoms with Crippen molar-refractivity contribution in [3.05, 3.63) is 11.7 Å². The van der Waals surface area contributed by atoms with Crippen LogP contribution >= 0.6 is 0 Å². The van der Waals surface area contributed by atoms with Crippen LogP contribution in [0.15, 0.2) is 4.52 Å². The normalized spacial score (nSPS) is 17.8. The zero-order valence-electron chi connectivity index (χ0n) is 10.4. The molecule has 1 aromatic rings. The molecule has 20 heavy (non-hydrogen) atoms. The minimum Gasteiger partial charge on any atom is -0.329 e. The van der Waals surface area contributed by atoms with Crippen LogP contribution in [-0.4, -0.2) is 42.5 Å². The lowest BCUT2D eigenvalue weighted by atomic mass is 10.4. The fraction of sp³-hybridized carbons (Fsp3) is 0.778. The first-order valence-corrected chi connectivity index (χ1v) is 7.37. The first-order chi connectivity index (χ1) is 9.29. The van der Waals surface area contributed by atoms with Gasteiger partial charge in [-0.25, -0.2) is 4.72 Å². The van der Waals surface area contributed by atoms with Crippen LogP contribution in [0.2, 0.25) is 0 Å². The van der Waals surface area contributed by atoms with Gasteiger partial charge in [0.25, 0.3) is 10.2 Å². The SMILES string of the molecule is O=S(=O)(NCCc1noc(C(F)(F)F)n1)N1CCCC1. The number of aromatic nitrogens is 2. The topological polar surface area (TPSA) is 88.3 Å². The summed E-state index contributed by atoms with van der Waals surface area (Å²) in [6, 6.07) is 0. The van der Waals surface area contributed by atoms with E-state index in [4.69, 9.17) is 0 Å². The molecule has 0 saturated carbocycles. The summed E-state index contributed by atoms with van der Waals surface area (Å²) in [5, 5.41) is 3.15. The highest BCUT2D eigenvalue weighted by molar-refractivity contribution is 7.87. The largest absolute Gasteiger partial charge is 0.471 e. The van der Waals surface area contributed by atoms with Gasteiger partial charge in [-0.2, -0.15) is 30.9 Å². The molecule has 114 valence electrons. The molecule has 11 heteroatoms. The van der Waals surface area contributed by atoms with Gasteiger partial charge < -0.3 is 4.52 Å². The summed E-state index contributed by atoms with van der Waals surface area (Å²) >= 11 is 0. The van der Waals surface area contributed by atoms with Crippen LogP contribution in [0.5, 0.6) is 0 Å². The van der Waals surface area contributed by atoms with Gasteiger partial charge in [-0.05, 0) is 12.8 Å². The monoisotopic (exact) mass is 314 g/mol. The van der Waals surface area contributed by atoms with E-state index >= 15 is 0 Å². The number of alkyl halides is 3. The third-order valence-electron chi connectivity index (χ3n) is 2.75. The maximum atomic E-state index is 12.2. The van der Waals surface area contributed by atoms with Crippen molar-refractivity contribution in [1.82, 2.24) is 19.2 Å². The zero-order valence-corrected chi connectivity index (χ0v) is 11.2. The molecule has 1 N–H and O–H groups in total. The van der Waals surface area contributed by atoms with E-state index in [0.29, 0.717) is 13.1 Å². The number of nitrogens with zero attached hydrogens (tertiary/aromatic N) is 3. The number of nitrogens with one attached hydrogen (secondary N) is 1. The minimum absolute atomic E-state index is 0.0767. The predicted octanol–water partition coefficient (Wildman–Crippen LogP) is 0.561. The van der Waals surface area contributed by atoms with E-state index in [-0.39, 0.29) is 18.8 Å². The number of hydrogen-bond acceptors (Lipinski definition) is 5. The van der Waals surface area contributed by atoms with Gasteiger partial charge in [0.1, 0.15) is 0 Å². The Balaban J connectivity index is 1.85. The number of rotatable bonds is 5. The van der Waals surface area contributed by atoms with Crippen molar-refractivity contribution >= 4 is 10.2 Å². The molecule has 0 atom stereocenters. The molecule has 2 heterocycles. The minimum atomic E-state index is -4.69. The highest BCUT2D eigenvalue weighted by Gasteiger charge is 2.38. The molecule has 1 fully saturated rings. The molecule has 1 aliphatic heterocycles. The van der Waals surface area contributed by atoms with Crippen LogP contribution < -0.4 is 4.72 Å². The molecule has 1 aromatic heterocycles. The first kappa shape index (κ1) is 15.2. The Morgan fingerprint density at radius 3 is 2.50 bits per heavy atom. The zero-order chi connectivity index (χ0) is 14.8. The Labute approximate surface area is 113 Å².